The van der Waals surface area contributed by atoms with E-state index in [2.05, 4.69) is 4.99 Å². The number of rotatable bonds is 4. The third-order valence-corrected chi connectivity index (χ3v) is 3.74. The highest BCUT2D eigenvalue weighted by Gasteiger charge is 2.23. The van der Waals surface area contributed by atoms with Crippen molar-refractivity contribution in [1.82, 2.24) is 0 Å². The van der Waals surface area contributed by atoms with E-state index in [4.69, 9.17) is 0 Å². The van der Waals surface area contributed by atoms with E-state index < -0.39 is 5.60 Å². The third kappa shape index (κ3) is 2.97. The van der Waals surface area contributed by atoms with Crippen LogP contribution in [0.25, 0.3) is 0 Å². The molecule has 0 saturated carbocycles. The van der Waals surface area contributed by atoms with Crippen molar-refractivity contribution in [2.45, 2.75) is 12.5 Å². The van der Waals surface area contributed by atoms with Gasteiger partial charge in [-0.05, 0) is 30.5 Å². The van der Waals surface area contributed by atoms with Crippen LogP contribution in [0.4, 0.5) is 0 Å². The molecule has 0 aliphatic rings. The van der Waals surface area contributed by atoms with Crippen molar-refractivity contribution in [3.05, 3.63) is 52.2 Å². The van der Waals surface area contributed by atoms with Crippen molar-refractivity contribution in [3.63, 3.8) is 0 Å². The van der Waals surface area contributed by atoms with E-state index in [0.717, 1.165) is 4.88 Å². The Bertz CT molecular complexity index is 532. The van der Waals surface area contributed by atoms with Crippen LogP contribution in [0, 0.1) is 0 Å². The lowest BCUT2D eigenvalue weighted by Crippen LogP contribution is -2.23. The summed E-state index contributed by atoms with van der Waals surface area (Å²) >= 11 is 1.51. The molecule has 0 aliphatic heterocycles. The molecule has 0 aliphatic carbocycles. The number of hydrogen-bond acceptors (Lipinski definition) is 4. The average Bonchev–Trinajstić information content (AvgIpc) is 2.86. The molecule has 2 N–H and O–H groups in total. The summed E-state index contributed by atoms with van der Waals surface area (Å²) in [6, 6.07) is 10.8. The SMILES string of the molecule is CC(O)(CN=Cc1ccccc1O)c1cccs1. The number of thiophene rings is 1. The number of benzene rings is 1. The molecule has 1 unspecified atom stereocenters. The number of aromatic hydroxyl groups is 1. The summed E-state index contributed by atoms with van der Waals surface area (Å²) < 4.78 is 0. The zero-order valence-corrected chi connectivity index (χ0v) is 10.9. The van der Waals surface area contributed by atoms with Gasteiger partial charge in [0.15, 0.2) is 0 Å². The summed E-state index contributed by atoms with van der Waals surface area (Å²) in [4.78, 5) is 5.09. The lowest BCUT2D eigenvalue weighted by Gasteiger charge is -2.18. The molecule has 1 heterocycles. The summed E-state index contributed by atoms with van der Waals surface area (Å²) in [5.74, 6) is 0.192. The first-order valence-corrected chi connectivity index (χ1v) is 6.52. The first kappa shape index (κ1) is 12.8. The lowest BCUT2D eigenvalue weighted by atomic mass is 10.1. The molecule has 0 radical (unpaired) electrons. The quantitative estimate of drug-likeness (QED) is 0.831. The minimum absolute atomic E-state index is 0.192. The Morgan fingerprint density at radius 2 is 2.06 bits per heavy atom. The van der Waals surface area contributed by atoms with E-state index in [1.807, 2.05) is 23.6 Å². The maximum absolute atomic E-state index is 10.3. The molecule has 0 saturated heterocycles. The van der Waals surface area contributed by atoms with Crippen molar-refractivity contribution in [2.24, 2.45) is 4.99 Å². The highest BCUT2D eigenvalue weighted by Crippen LogP contribution is 2.25. The van der Waals surface area contributed by atoms with E-state index in [-0.39, 0.29) is 12.3 Å². The van der Waals surface area contributed by atoms with Crippen molar-refractivity contribution in [3.8, 4) is 5.75 Å². The fourth-order valence-electron chi connectivity index (χ4n) is 1.58. The van der Waals surface area contributed by atoms with Gasteiger partial charge in [-0.25, -0.2) is 0 Å². The van der Waals surface area contributed by atoms with Gasteiger partial charge in [-0.1, -0.05) is 18.2 Å². The molecule has 94 valence electrons. The van der Waals surface area contributed by atoms with E-state index in [1.165, 1.54) is 11.3 Å². The molecule has 0 spiro atoms. The fraction of sp³-hybridized carbons (Fsp3) is 0.214. The van der Waals surface area contributed by atoms with Crippen LogP contribution in [-0.4, -0.2) is 23.0 Å². The Balaban J connectivity index is 2.06. The molecule has 1 aromatic heterocycles. The largest absolute Gasteiger partial charge is 0.507 e. The van der Waals surface area contributed by atoms with Crippen LogP contribution in [0.3, 0.4) is 0 Å². The highest BCUT2D eigenvalue weighted by atomic mass is 32.1. The number of aliphatic imine (C=N–C) groups is 1. The van der Waals surface area contributed by atoms with Crippen molar-refractivity contribution in [2.75, 3.05) is 6.54 Å². The predicted octanol–water partition coefficient (Wildman–Crippen LogP) is 2.78. The molecule has 2 aromatic rings. The van der Waals surface area contributed by atoms with Gasteiger partial charge in [0, 0.05) is 16.7 Å². The second-order valence-corrected chi connectivity index (χ2v) is 5.23. The highest BCUT2D eigenvalue weighted by molar-refractivity contribution is 7.10. The maximum atomic E-state index is 10.3. The Kier molecular flexibility index (Phi) is 3.79. The Hall–Kier alpha value is -1.65. The zero-order valence-electron chi connectivity index (χ0n) is 10.1. The summed E-state index contributed by atoms with van der Waals surface area (Å²) in [5.41, 5.74) is -0.311. The minimum atomic E-state index is -0.963. The molecule has 18 heavy (non-hydrogen) atoms. The van der Waals surface area contributed by atoms with Crippen LogP contribution >= 0.6 is 11.3 Å². The summed E-state index contributed by atoms with van der Waals surface area (Å²) in [7, 11) is 0. The van der Waals surface area contributed by atoms with Gasteiger partial charge in [-0.15, -0.1) is 11.3 Å². The normalized spacial score (nSPS) is 14.8. The van der Waals surface area contributed by atoms with Crippen LogP contribution < -0.4 is 0 Å². The van der Waals surface area contributed by atoms with Gasteiger partial charge in [0.25, 0.3) is 0 Å². The standard InChI is InChI=1S/C14H15NO2S/c1-14(17,13-7-4-8-18-13)10-15-9-11-5-2-3-6-12(11)16/h2-9,16-17H,10H2,1H3. The summed E-state index contributed by atoms with van der Waals surface area (Å²) in [6.07, 6.45) is 1.58. The molecule has 0 fully saturated rings. The van der Waals surface area contributed by atoms with E-state index in [0.29, 0.717) is 5.56 Å². The Morgan fingerprint density at radius 1 is 1.28 bits per heavy atom. The van der Waals surface area contributed by atoms with Gasteiger partial charge in [-0.2, -0.15) is 0 Å². The van der Waals surface area contributed by atoms with Gasteiger partial charge in [0.1, 0.15) is 11.4 Å². The summed E-state index contributed by atoms with van der Waals surface area (Å²) in [6.45, 7) is 2.00. The predicted molar refractivity (Wildman–Crippen MR) is 74.5 cm³/mol. The van der Waals surface area contributed by atoms with Gasteiger partial charge in [-0.3, -0.25) is 4.99 Å². The van der Waals surface area contributed by atoms with E-state index in [1.54, 1.807) is 31.3 Å². The average molecular weight is 261 g/mol. The maximum Gasteiger partial charge on any atom is 0.124 e. The first-order chi connectivity index (χ1) is 8.59. The number of hydrogen-bond donors (Lipinski definition) is 2. The van der Waals surface area contributed by atoms with Crippen molar-refractivity contribution in [1.29, 1.82) is 0 Å². The second kappa shape index (κ2) is 5.33. The third-order valence-electron chi connectivity index (χ3n) is 2.62. The topological polar surface area (TPSA) is 52.8 Å². The molecular weight excluding hydrogens is 246 g/mol. The van der Waals surface area contributed by atoms with Crippen LogP contribution in [0.1, 0.15) is 17.4 Å². The number of phenolic OH excluding ortho intramolecular Hbond substituents is 1. The van der Waals surface area contributed by atoms with Gasteiger partial charge < -0.3 is 10.2 Å². The molecule has 2 rings (SSSR count). The monoisotopic (exact) mass is 261 g/mol. The van der Waals surface area contributed by atoms with Crippen LogP contribution in [0.5, 0.6) is 5.75 Å². The van der Waals surface area contributed by atoms with Gasteiger partial charge >= 0.3 is 0 Å². The van der Waals surface area contributed by atoms with Crippen molar-refractivity contribution < 1.29 is 10.2 Å². The van der Waals surface area contributed by atoms with Crippen LogP contribution in [-0.2, 0) is 5.60 Å². The molecule has 4 heteroatoms. The second-order valence-electron chi connectivity index (χ2n) is 4.28. The van der Waals surface area contributed by atoms with Gasteiger partial charge in [0.05, 0.1) is 6.54 Å². The van der Waals surface area contributed by atoms with E-state index in [9.17, 15) is 10.2 Å². The molecular formula is C14H15NO2S. The Labute approximate surface area is 110 Å². The van der Waals surface area contributed by atoms with Crippen molar-refractivity contribution >= 4 is 17.6 Å². The first-order valence-electron chi connectivity index (χ1n) is 5.64. The number of phenols is 1. The molecule has 1 atom stereocenters. The molecule has 1 aromatic carbocycles. The minimum Gasteiger partial charge on any atom is -0.507 e. The van der Waals surface area contributed by atoms with E-state index >= 15 is 0 Å². The van der Waals surface area contributed by atoms with Crippen LogP contribution in [0.15, 0.2) is 46.8 Å². The molecule has 0 bridgehead atoms. The van der Waals surface area contributed by atoms with Gasteiger partial charge in [0.2, 0.25) is 0 Å². The Morgan fingerprint density at radius 3 is 2.72 bits per heavy atom. The lowest BCUT2D eigenvalue weighted by molar-refractivity contribution is 0.0714. The molecule has 0 amide bonds. The summed E-state index contributed by atoms with van der Waals surface area (Å²) in [5, 5.41) is 21.8. The number of aliphatic hydroxyl groups is 1. The number of nitrogens with zero attached hydrogens (tertiary/aromatic N) is 1. The fourth-order valence-corrected chi connectivity index (χ4v) is 2.36. The van der Waals surface area contributed by atoms with Crippen LogP contribution in [0.2, 0.25) is 0 Å². The zero-order chi connectivity index (χ0) is 13.0. The molecule has 3 nitrogen and oxygen atoms in total. The smallest absolute Gasteiger partial charge is 0.124 e. The number of para-hydroxylation sites is 1.